The van der Waals surface area contributed by atoms with Crippen molar-refractivity contribution in [3.8, 4) is 0 Å². The summed E-state index contributed by atoms with van der Waals surface area (Å²) >= 11 is 0. The van der Waals surface area contributed by atoms with Crippen molar-refractivity contribution in [3.05, 3.63) is 24.2 Å². The van der Waals surface area contributed by atoms with Gasteiger partial charge in [-0.2, -0.15) is 5.10 Å². The topological polar surface area (TPSA) is 141 Å². The summed E-state index contributed by atoms with van der Waals surface area (Å²) in [4.78, 5) is 38.7. The minimum Gasteiger partial charge on any atom is -0.378 e. The van der Waals surface area contributed by atoms with Gasteiger partial charge in [0.05, 0.1) is 24.3 Å². The lowest BCUT2D eigenvalue weighted by Crippen LogP contribution is -2.51. The third-order valence-electron chi connectivity index (χ3n) is 6.93. The van der Waals surface area contributed by atoms with Crippen LogP contribution in [0.1, 0.15) is 52.4 Å². The lowest BCUT2D eigenvalue weighted by Gasteiger charge is -2.28. The van der Waals surface area contributed by atoms with Gasteiger partial charge in [0.25, 0.3) is 5.91 Å². The molecule has 5 N–H and O–H groups in total. The fourth-order valence-corrected chi connectivity index (χ4v) is 5.01. The summed E-state index contributed by atoms with van der Waals surface area (Å²) in [7, 11) is 0. The summed E-state index contributed by atoms with van der Waals surface area (Å²) in [6, 6.07) is -0.656. The number of nitrogens with zero attached hydrogens (tertiary/aromatic N) is 2. The smallest absolute Gasteiger partial charge is 0.268 e. The van der Waals surface area contributed by atoms with Gasteiger partial charge in [-0.05, 0) is 76.2 Å². The number of hydrogen-bond acceptors (Lipinski definition) is 6. The van der Waals surface area contributed by atoms with Crippen molar-refractivity contribution < 1.29 is 14.4 Å². The van der Waals surface area contributed by atoms with Crippen molar-refractivity contribution in [2.75, 3.05) is 11.9 Å². The van der Waals surface area contributed by atoms with Gasteiger partial charge in [-0.3, -0.25) is 19.1 Å². The minimum absolute atomic E-state index is 0.0129. The number of allylic oxidation sites excluding steroid dienone is 1. The van der Waals surface area contributed by atoms with Gasteiger partial charge < -0.3 is 26.7 Å². The summed E-state index contributed by atoms with van der Waals surface area (Å²) in [6.07, 6.45) is 11.9. The van der Waals surface area contributed by atoms with Crippen LogP contribution in [0, 0.1) is 29.1 Å². The van der Waals surface area contributed by atoms with E-state index in [1.165, 1.54) is 6.08 Å². The maximum atomic E-state index is 13.5. The largest absolute Gasteiger partial charge is 0.378 e. The Balaban J connectivity index is 1.46. The maximum Gasteiger partial charge on any atom is 0.268 e. The summed E-state index contributed by atoms with van der Waals surface area (Å²) in [5.41, 5.74) is 0.822. The Morgan fingerprint density at radius 1 is 1.20 bits per heavy atom. The van der Waals surface area contributed by atoms with E-state index in [1.54, 1.807) is 17.1 Å². The van der Waals surface area contributed by atoms with E-state index < -0.39 is 6.04 Å². The van der Waals surface area contributed by atoms with E-state index in [4.69, 9.17) is 5.41 Å². The Kier molecular flexibility index (Phi) is 7.87. The number of anilines is 1. The minimum atomic E-state index is -0.668. The van der Waals surface area contributed by atoms with Crippen molar-refractivity contribution in [1.29, 1.82) is 5.41 Å². The van der Waals surface area contributed by atoms with Crippen LogP contribution in [-0.4, -0.2) is 52.3 Å². The molecule has 1 aliphatic heterocycles. The van der Waals surface area contributed by atoms with Gasteiger partial charge in [0, 0.05) is 25.0 Å². The van der Waals surface area contributed by atoms with E-state index in [0.717, 1.165) is 51.3 Å². The molecule has 3 amide bonds. The first-order valence-electron chi connectivity index (χ1n) is 12.7. The van der Waals surface area contributed by atoms with E-state index in [2.05, 4.69) is 26.4 Å². The highest BCUT2D eigenvalue weighted by Crippen LogP contribution is 2.50. The molecule has 35 heavy (non-hydrogen) atoms. The Bertz CT molecular complexity index is 965. The molecule has 10 heteroatoms. The summed E-state index contributed by atoms with van der Waals surface area (Å²) < 4.78 is 1.69. The highest BCUT2D eigenvalue weighted by molar-refractivity contribution is 6.02. The standard InChI is InChI=1S/C25H37N7O3/c1-15(2)29-20(9-10-26)24(34)31-22(21(16-5-6-16)17-7-8-17)25(35)30-19-12-28-32(14-19)13-18-4-3-11-27-23(18)33/h9-10,12,14-18,21-22,26,29H,3-8,11,13H2,1-2H3,(H,27,33)(H,30,35)(H,31,34)/b20-9-,26-10?/t18?,22-/m0/s1. The molecule has 190 valence electrons. The van der Waals surface area contributed by atoms with Gasteiger partial charge in [0.2, 0.25) is 11.8 Å². The van der Waals surface area contributed by atoms with Crippen LogP contribution < -0.4 is 21.3 Å². The number of amides is 3. The second-order valence-corrected chi connectivity index (χ2v) is 10.3. The first-order valence-corrected chi connectivity index (χ1v) is 12.7. The molecule has 0 radical (unpaired) electrons. The Hall–Kier alpha value is -3.17. The lowest BCUT2D eigenvalue weighted by atomic mass is 9.88. The number of nitrogens with one attached hydrogen (secondary N) is 5. The van der Waals surface area contributed by atoms with E-state index in [-0.39, 0.29) is 41.3 Å². The predicted molar refractivity (Wildman–Crippen MR) is 133 cm³/mol. The van der Waals surface area contributed by atoms with Gasteiger partial charge in [0.1, 0.15) is 11.7 Å². The third-order valence-corrected chi connectivity index (χ3v) is 6.93. The molecule has 0 spiro atoms. The molecular weight excluding hydrogens is 446 g/mol. The third kappa shape index (κ3) is 6.70. The second kappa shape index (κ2) is 11.0. The zero-order valence-corrected chi connectivity index (χ0v) is 20.5. The number of rotatable bonds is 12. The normalized spacial score (nSPS) is 21.4. The zero-order chi connectivity index (χ0) is 24.9. The summed E-state index contributed by atoms with van der Waals surface area (Å²) in [6.45, 7) is 5.02. The van der Waals surface area contributed by atoms with Crippen molar-refractivity contribution in [1.82, 2.24) is 25.7 Å². The number of piperidine rings is 1. The van der Waals surface area contributed by atoms with Crippen LogP contribution >= 0.6 is 0 Å². The molecule has 10 nitrogen and oxygen atoms in total. The van der Waals surface area contributed by atoms with Crippen LogP contribution in [0.5, 0.6) is 0 Å². The Labute approximate surface area is 206 Å². The van der Waals surface area contributed by atoms with Crippen LogP contribution in [-0.2, 0) is 20.9 Å². The highest BCUT2D eigenvalue weighted by atomic mass is 16.2. The van der Waals surface area contributed by atoms with Crippen LogP contribution in [0.15, 0.2) is 24.2 Å². The summed E-state index contributed by atoms with van der Waals surface area (Å²) in [5.74, 6) is 0.267. The zero-order valence-electron chi connectivity index (χ0n) is 20.5. The molecule has 2 heterocycles. The van der Waals surface area contributed by atoms with Crippen molar-refractivity contribution in [3.63, 3.8) is 0 Å². The molecule has 1 aromatic rings. The molecule has 2 aliphatic carbocycles. The molecule has 4 rings (SSSR count). The first-order chi connectivity index (χ1) is 16.9. The monoisotopic (exact) mass is 483 g/mol. The Morgan fingerprint density at radius 2 is 1.91 bits per heavy atom. The van der Waals surface area contributed by atoms with Gasteiger partial charge in [-0.25, -0.2) is 0 Å². The average Bonchev–Trinajstić information content (AvgIpc) is 3.75. The van der Waals surface area contributed by atoms with Crippen molar-refractivity contribution in [2.24, 2.45) is 23.7 Å². The second-order valence-electron chi connectivity index (χ2n) is 10.3. The number of carbonyl (C=O) groups excluding carboxylic acids is 3. The number of carbonyl (C=O) groups is 3. The molecule has 3 aliphatic rings. The van der Waals surface area contributed by atoms with E-state index in [0.29, 0.717) is 24.1 Å². The molecule has 0 aromatic carbocycles. The average molecular weight is 484 g/mol. The van der Waals surface area contributed by atoms with Gasteiger partial charge in [-0.15, -0.1) is 0 Å². The SMILES string of the molecule is CC(C)N/C(=C\C=N)C(=O)N[C@H](C(=O)Nc1cnn(CC2CCCNC2=O)c1)C(C1CC1)C1CC1. The molecule has 1 saturated heterocycles. The maximum absolute atomic E-state index is 13.5. The Morgan fingerprint density at radius 3 is 2.51 bits per heavy atom. The fourth-order valence-electron chi connectivity index (χ4n) is 5.01. The van der Waals surface area contributed by atoms with E-state index in [9.17, 15) is 14.4 Å². The summed E-state index contributed by atoms with van der Waals surface area (Å²) in [5, 5.41) is 23.6. The van der Waals surface area contributed by atoms with Crippen molar-refractivity contribution >= 4 is 29.6 Å². The lowest BCUT2D eigenvalue weighted by molar-refractivity contribution is -0.127. The predicted octanol–water partition coefficient (Wildman–Crippen LogP) is 1.80. The molecule has 2 saturated carbocycles. The molecule has 3 fully saturated rings. The van der Waals surface area contributed by atoms with Gasteiger partial charge >= 0.3 is 0 Å². The molecule has 0 bridgehead atoms. The fraction of sp³-hybridized carbons (Fsp3) is 0.640. The van der Waals surface area contributed by atoms with E-state index >= 15 is 0 Å². The van der Waals surface area contributed by atoms with Gasteiger partial charge in [0.15, 0.2) is 0 Å². The van der Waals surface area contributed by atoms with Crippen molar-refractivity contribution in [2.45, 2.75) is 71.0 Å². The molecule has 1 unspecified atom stereocenters. The van der Waals surface area contributed by atoms with E-state index in [1.807, 2.05) is 13.8 Å². The van der Waals surface area contributed by atoms with Crippen LogP contribution in [0.25, 0.3) is 0 Å². The molecular formula is C25H37N7O3. The van der Waals surface area contributed by atoms with Crippen LogP contribution in [0.4, 0.5) is 5.69 Å². The quantitative estimate of drug-likeness (QED) is 0.228. The number of hydrogen-bond donors (Lipinski definition) is 5. The number of aromatic nitrogens is 2. The van der Waals surface area contributed by atoms with Gasteiger partial charge in [-0.1, -0.05) is 0 Å². The van der Waals surface area contributed by atoms with Crippen LogP contribution in [0.3, 0.4) is 0 Å². The molecule has 2 atom stereocenters. The first kappa shape index (κ1) is 24.9. The van der Waals surface area contributed by atoms with Crippen LogP contribution in [0.2, 0.25) is 0 Å². The molecule has 1 aromatic heterocycles. The highest BCUT2D eigenvalue weighted by Gasteiger charge is 2.48.